The van der Waals surface area contributed by atoms with Crippen molar-refractivity contribution in [3.63, 3.8) is 0 Å². The highest BCUT2D eigenvalue weighted by Gasteiger charge is 2.41. The standard InChI is InChI=1S/2C9H18O4/c2*1-5-6(2)13-7(4-10)9(12-3)8(5)11/h2*5-11H,4H2,1-3H3. The molecule has 0 amide bonds. The summed E-state index contributed by atoms with van der Waals surface area (Å²) in [4.78, 5) is 0. The molecule has 10 unspecified atom stereocenters. The maximum Gasteiger partial charge on any atom is 0.112 e. The second-order valence-electron chi connectivity index (χ2n) is 7.22. The van der Waals surface area contributed by atoms with Gasteiger partial charge in [0.1, 0.15) is 24.4 Å². The van der Waals surface area contributed by atoms with E-state index in [2.05, 4.69) is 0 Å². The number of aliphatic hydroxyl groups is 4. The van der Waals surface area contributed by atoms with Gasteiger partial charge >= 0.3 is 0 Å². The first-order valence-electron chi connectivity index (χ1n) is 9.17. The molecule has 0 aromatic carbocycles. The Morgan fingerprint density at radius 1 is 0.692 bits per heavy atom. The summed E-state index contributed by atoms with van der Waals surface area (Å²) < 4.78 is 21.2. The molecule has 0 aromatic heterocycles. The van der Waals surface area contributed by atoms with Crippen molar-refractivity contribution < 1.29 is 39.4 Å². The Morgan fingerprint density at radius 2 is 1.00 bits per heavy atom. The summed E-state index contributed by atoms with van der Waals surface area (Å²) in [5.74, 6) is 0.0699. The molecular formula is C18H36O8. The molecule has 4 N–H and O–H groups in total. The summed E-state index contributed by atoms with van der Waals surface area (Å²) >= 11 is 0. The quantitative estimate of drug-likeness (QED) is 0.518. The van der Waals surface area contributed by atoms with E-state index in [1.807, 2.05) is 27.7 Å². The Kier molecular flexibility index (Phi) is 9.92. The maximum atomic E-state index is 9.79. The topological polar surface area (TPSA) is 118 Å². The Hall–Kier alpha value is -0.320. The van der Waals surface area contributed by atoms with Crippen LogP contribution in [0.25, 0.3) is 0 Å². The van der Waals surface area contributed by atoms with E-state index in [0.29, 0.717) is 0 Å². The number of hydrogen-bond donors (Lipinski definition) is 4. The van der Waals surface area contributed by atoms with E-state index >= 15 is 0 Å². The minimum absolute atomic E-state index is 0.0350. The molecule has 0 bridgehead atoms. The molecule has 0 radical (unpaired) electrons. The molecule has 8 nitrogen and oxygen atoms in total. The Labute approximate surface area is 156 Å². The van der Waals surface area contributed by atoms with E-state index in [1.165, 1.54) is 14.2 Å². The summed E-state index contributed by atoms with van der Waals surface area (Å²) in [6, 6.07) is 0. The van der Waals surface area contributed by atoms with Gasteiger partial charge in [-0.05, 0) is 13.8 Å². The van der Waals surface area contributed by atoms with Crippen LogP contribution in [-0.2, 0) is 18.9 Å². The van der Waals surface area contributed by atoms with Crippen molar-refractivity contribution in [2.75, 3.05) is 27.4 Å². The lowest BCUT2D eigenvalue weighted by atomic mass is 9.89. The van der Waals surface area contributed by atoms with Crippen LogP contribution >= 0.6 is 0 Å². The molecule has 2 aliphatic heterocycles. The zero-order chi connectivity index (χ0) is 20.0. The van der Waals surface area contributed by atoms with Crippen LogP contribution in [0.2, 0.25) is 0 Å². The maximum absolute atomic E-state index is 9.79. The third kappa shape index (κ3) is 5.36. The highest BCUT2D eigenvalue weighted by Crippen LogP contribution is 2.27. The fourth-order valence-electron chi connectivity index (χ4n) is 3.42. The molecule has 2 aliphatic rings. The summed E-state index contributed by atoms with van der Waals surface area (Å²) in [5.41, 5.74) is 0. The van der Waals surface area contributed by atoms with Crippen LogP contribution < -0.4 is 0 Å². The molecule has 0 spiro atoms. The third-order valence-electron chi connectivity index (χ3n) is 5.65. The smallest absolute Gasteiger partial charge is 0.112 e. The largest absolute Gasteiger partial charge is 0.394 e. The van der Waals surface area contributed by atoms with E-state index in [9.17, 15) is 10.2 Å². The minimum Gasteiger partial charge on any atom is -0.394 e. The number of hydrogen-bond acceptors (Lipinski definition) is 8. The van der Waals surface area contributed by atoms with E-state index in [4.69, 9.17) is 29.2 Å². The van der Waals surface area contributed by atoms with Gasteiger partial charge in [-0.25, -0.2) is 0 Å². The third-order valence-corrected chi connectivity index (χ3v) is 5.65. The molecule has 0 saturated carbocycles. The van der Waals surface area contributed by atoms with Crippen LogP contribution in [0.1, 0.15) is 27.7 Å². The molecule has 0 aliphatic carbocycles. The lowest BCUT2D eigenvalue weighted by Crippen LogP contribution is -2.54. The van der Waals surface area contributed by atoms with Crippen molar-refractivity contribution in [2.24, 2.45) is 11.8 Å². The van der Waals surface area contributed by atoms with E-state index in [-0.39, 0.29) is 37.3 Å². The van der Waals surface area contributed by atoms with E-state index in [1.54, 1.807) is 0 Å². The first-order chi connectivity index (χ1) is 12.2. The van der Waals surface area contributed by atoms with Crippen molar-refractivity contribution in [2.45, 2.75) is 76.5 Å². The summed E-state index contributed by atoms with van der Waals surface area (Å²) in [6.45, 7) is 7.37. The average molecular weight is 380 g/mol. The van der Waals surface area contributed by atoms with Gasteiger partial charge in [0.05, 0.1) is 37.6 Å². The van der Waals surface area contributed by atoms with Gasteiger partial charge in [0, 0.05) is 26.1 Å². The number of rotatable bonds is 4. The van der Waals surface area contributed by atoms with Gasteiger partial charge in [-0.3, -0.25) is 0 Å². The van der Waals surface area contributed by atoms with Crippen molar-refractivity contribution in [1.29, 1.82) is 0 Å². The number of aliphatic hydroxyl groups excluding tert-OH is 4. The van der Waals surface area contributed by atoms with Crippen LogP contribution in [0.3, 0.4) is 0 Å². The molecule has 0 aromatic rings. The van der Waals surface area contributed by atoms with Gasteiger partial charge in [0.25, 0.3) is 0 Å². The van der Waals surface area contributed by atoms with Crippen LogP contribution in [0, 0.1) is 11.8 Å². The minimum atomic E-state index is -0.564. The Balaban J connectivity index is 0.000000260. The molecule has 2 fully saturated rings. The van der Waals surface area contributed by atoms with Crippen LogP contribution in [0.5, 0.6) is 0 Å². The molecular weight excluding hydrogens is 344 g/mol. The predicted octanol–water partition coefficient (Wildman–Crippen LogP) is -0.444. The molecule has 2 saturated heterocycles. The van der Waals surface area contributed by atoms with Gasteiger partial charge in [-0.15, -0.1) is 0 Å². The van der Waals surface area contributed by atoms with Gasteiger partial charge in [0.2, 0.25) is 0 Å². The highest BCUT2D eigenvalue weighted by molar-refractivity contribution is 4.90. The van der Waals surface area contributed by atoms with Gasteiger partial charge < -0.3 is 39.4 Å². The lowest BCUT2D eigenvalue weighted by molar-refractivity contribution is -0.208. The van der Waals surface area contributed by atoms with Gasteiger partial charge in [-0.2, -0.15) is 0 Å². The molecule has 8 heteroatoms. The Morgan fingerprint density at radius 3 is 1.23 bits per heavy atom. The fourth-order valence-corrected chi connectivity index (χ4v) is 3.42. The second kappa shape index (κ2) is 10.9. The van der Waals surface area contributed by atoms with Crippen molar-refractivity contribution in [1.82, 2.24) is 0 Å². The number of methoxy groups -OCH3 is 2. The molecule has 156 valence electrons. The second-order valence-corrected chi connectivity index (χ2v) is 7.22. The van der Waals surface area contributed by atoms with Gasteiger partial charge in [0.15, 0.2) is 0 Å². The van der Waals surface area contributed by atoms with Crippen molar-refractivity contribution >= 4 is 0 Å². The summed E-state index contributed by atoms with van der Waals surface area (Å²) in [5, 5.41) is 37.6. The van der Waals surface area contributed by atoms with Crippen molar-refractivity contribution in [3.05, 3.63) is 0 Å². The number of ether oxygens (including phenoxy) is 4. The van der Waals surface area contributed by atoms with Crippen molar-refractivity contribution in [3.8, 4) is 0 Å². The molecule has 26 heavy (non-hydrogen) atoms. The first-order valence-corrected chi connectivity index (χ1v) is 9.17. The van der Waals surface area contributed by atoms with Gasteiger partial charge in [-0.1, -0.05) is 13.8 Å². The first kappa shape index (κ1) is 23.7. The van der Waals surface area contributed by atoms with E-state index in [0.717, 1.165) is 0 Å². The predicted molar refractivity (Wildman–Crippen MR) is 94.8 cm³/mol. The highest BCUT2D eigenvalue weighted by atomic mass is 16.6. The summed E-state index contributed by atoms with van der Waals surface area (Å²) in [7, 11) is 3.03. The molecule has 2 rings (SSSR count). The Bertz CT molecular complexity index is 355. The zero-order valence-electron chi connectivity index (χ0n) is 16.6. The average Bonchev–Trinajstić information content (AvgIpc) is 2.64. The zero-order valence-corrected chi connectivity index (χ0v) is 16.6. The SMILES string of the molecule is COC1C(CO)OC(C)C(C)C1O.COC1C(CO)OC(C)C(C)C1O. The fraction of sp³-hybridized carbons (Fsp3) is 1.00. The monoisotopic (exact) mass is 380 g/mol. The molecule has 10 atom stereocenters. The van der Waals surface area contributed by atoms with E-state index < -0.39 is 36.6 Å². The summed E-state index contributed by atoms with van der Waals surface area (Å²) in [6.07, 6.45) is -2.88. The molecule has 2 heterocycles. The van der Waals surface area contributed by atoms with Crippen LogP contribution in [-0.4, -0.2) is 96.7 Å². The van der Waals surface area contributed by atoms with Crippen LogP contribution in [0.4, 0.5) is 0 Å². The van der Waals surface area contributed by atoms with Crippen LogP contribution in [0.15, 0.2) is 0 Å². The normalized spacial score (nSPS) is 46.4. The lowest BCUT2D eigenvalue weighted by Gasteiger charge is -2.41.